The first-order valence-electron chi connectivity index (χ1n) is 5.93. The molecule has 1 aromatic rings. The van der Waals surface area contributed by atoms with E-state index in [9.17, 15) is 0 Å². The van der Waals surface area contributed by atoms with E-state index in [1.54, 1.807) is 0 Å². The average Bonchev–Trinajstić information content (AvgIpc) is 2.33. The molecule has 1 N–H and O–H groups in total. The van der Waals surface area contributed by atoms with Crippen LogP contribution in [0, 0.1) is 0 Å². The van der Waals surface area contributed by atoms with E-state index < -0.39 is 0 Å². The summed E-state index contributed by atoms with van der Waals surface area (Å²) in [5.41, 5.74) is 1.25. The minimum absolute atomic E-state index is 0.352. The van der Waals surface area contributed by atoms with Crippen LogP contribution in [-0.4, -0.2) is 13.2 Å². The highest BCUT2D eigenvalue weighted by Gasteiger charge is 2.05. The third-order valence-corrected chi connectivity index (χ3v) is 2.68. The lowest BCUT2D eigenvalue weighted by atomic mass is 10.1. The van der Waals surface area contributed by atoms with E-state index in [1.807, 2.05) is 12.1 Å². The van der Waals surface area contributed by atoms with Crippen molar-refractivity contribution in [2.24, 2.45) is 0 Å². The minimum Gasteiger partial charge on any atom is -0.488 e. The van der Waals surface area contributed by atoms with Gasteiger partial charge in [-0.3, -0.25) is 0 Å². The van der Waals surface area contributed by atoms with Crippen molar-refractivity contribution < 1.29 is 4.74 Å². The SMILES string of the molecule is C=C(Br)COc1cccc(C(C)NCCC)c1. The van der Waals surface area contributed by atoms with Crippen LogP contribution in [0.2, 0.25) is 0 Å². The van der Waals surface area contributed by atoms with Gasteiger partial charge in [-0.15, -0.1) is 0 Å². The molecule has 0 spiro atoms. The van der Waals surface area contributed by atoms with E-state index in [4.69, 9.17) is 4.74 Å². The normalized spacial score (nSPS) is 12.2. The minimum atomic E-state index is 0.352. The fourth-order valence-electron chi connectivity index (χ4n) is 1.51. The Balaban J connectivity index is 2.61. The van der Waals surface area contributed by atoms with Crippen molar-refractivity contribution in [1.29, 1.82) is 0 Å². The Morgan fingerprint density at radius 1 is 1.53 bits per heavy atom. The van der Waals surface area contributed by atoms with Crippen molar-refractivity contribution in [2.45, 2.75) is 26.3 Å². The van der Waals surface area contributed by atoms with Crippen LogP contribution < -0.4 is 10.1 Å². The summed E-state index contributed by atoms with van der Waals surface area (Å²) in [4.78, 5) is 0. The monoisotopic (exact) mass is 297 g/mol. The number of hydrogen-bond acceptors (Lipinski definition) is 2. The van der Waals surface area contributed by atoms with Crippen LogP contribution in [-0.2, 0) is 0 Å². The number of hydrogen-bond donors (Lipinski definition) is 1. The molecule has 1 unspecified atom stereocenters. The molecule has 94 valence electrons. The van der Waals surface area contributed by atoms with Gasteiger partial charge in [0.25, 0.3) is 0 Å². The molecule has 0 aliphatic carbocycles. The van der Waals surface area contributed by atoms with Gasteiger partial charge in [-0.1, -0.05) is 41.6 Å². The standard InChI is InChI=1S/C14H20BrNO/c1-4-8-16-12(3)13-6-5-7-14(9-13)17-10-11(2)15/h5-7,9,12,16H,2,4,8,10H2,1,3H3. The molecule has 0 fully saturated rings. The zero-order valence-corrected chi connectivity index (χ0v) is 12.1. The van der Waals surface area contributed by atoms with Gasteiger partial charge in [0.15, 0.2) is 0 Å². The van der Waals surface area contributed by atoms with Crippen LogP contribution in [0.3, 0.4) is 0 Å². The summed E-state index contributed by atoms with van der Waals surface area (Å²) in [7, 11) is 0. The Bertz CT molecular complexity index is 365. The molecule has 0 amide bonds. The molecular formula is C14H20BrNO. The van der Waals surface area contributed by atoms with Crippen LogP contribution in [0.15, 0.2) is 35.3 Å². The summed E-state index contributed by atoms with van der Waals surface area (Å²) in [5, 5.41) is 3.46. The number of halogens is 1. The zero-order valence-electron chi connectivity index (χ0n) is 10.5. The van der Waals surface area contributed by atoms with Crippen molar-refractivity contribution >= 4 is 15.9 Å². The molecule has 0 heterocycles. The van der Waals surface area contributed by atoms with Gasteiger partial charge in [0.1, 0.15) is 12.4 Å². The van der Waals surface area contributed by atoms with E-state index in [0.29, 0.717) is 12.6 Å². The van der Waals surface area contributed by atoms with Gasteiger partial charge in [-0.2, -0.15) is 0 Å². The number of rotatable bonds is 7. The predicted octanol–water partition coefficient (Wildman–Crippen LogP) is 4.03. The smallest absolute Gasteiger partial charge is 0.120 e. The summed E-state index contributed by atoms with van der Waals surface area (Å²) in [6.45, 7) is 9.61. The van der Waals surface area contributed by atoms with Gasteiger partial charge in [0.05, 0.1) is 0 Å². The summed E-state index contributed by atoms with van der Waals surface area (Å²) in [6, 6.07) is 8.52. The first-order chi connectivity index (χ1) is 8.13. The molecule has 0 saturated heterocycles. The maximum absolute atomic E-state index is 5.59. The molecule has 1 aromatic carbocycles. The molecule has 1 rings (SSSR count). The topological polar surface area (TPSA) is 21.3 Å². The van der Waals surface area contributed by atoms with E-state index >= 15 is 0 Å². The Labute approximate surface area is 112 Å². The number of ether oxygens (including phenoxy) is 1. The van der Waals surface area contributed by atoms with Crippen molar-refractivity contribution in [3.8, 4) is 5.75 Å². The highest BCUT2D eigenvalue weighted by Crippen LogP contribution is 2.19. The predicted molar refractivity (Wildman–Crippen MR) is 76.7 cm³/mol. The number of nitrogens with one attached hydrogen (secondary N) is 1. The lowest BCUT2D eigenvalue weighted by molar-refractivity contribution is 0.360. The third kappa shape index (κ3) is 5.37. The molecule has 17 heavy (non-hydrogen) atoms. The molecule has 1 atom stereocenters. The average molecular weight is 298 g/mol. The first kappa shape index (κ1) is 14.3. The zero-order chi connectivity index (χ0) is 12.7. The van der Waals surface area contributed by atoms with Crippen LogP contribution >= 0.6 is 15.9 Å². The van der Waals surface area contributed by atoms with Gasteiger partial charge >= 0.3 is 0 Å². The van der Waals surface area contributed by atoms with Crippen molar-refractivity contribution in [3.05, 3.63) is 40.9 Å². The molecule has 0 radical (unpaired) electrons. The van der Waals surface area contributed by atoms with E-state index in [0.717, 1.165) is 23.2 Å². The highest BCUT2D eigenvalue weighted by atomic mass is 79.9. The van der Waals surface area contributed by atoms with Crippen LogP contribution in [0.1, 0.15) is 31.9 Å². The van der Waals surface area contributed by atoms with Crippen molar-refractivity contribution in [3.63, 3.8) is 0 Å². The lowest BCUT2D eigenvalue weighted by Crippen LogP contribution is -2.19. The maximum Gasteiger partial charge on any atom is 0.120 e. The molecule has 0 bridgehead atoms. The van der Waals surface area contributed by atoms with Gasteiger partial charge in [-0.25, -0.2) is 0 Å². The summed E-state index contributed by atoms with van der Waals surface area (Å²) >= 11 is 3.28. The summed E-state index contributed by atoms with van der Waals surface area (Å²) in [5.74, 6) is 0.883. The fourth-order valence-corrected chi connectivity index (χ4v) is 1.63. The van der Waals surface area contributed by atoms with Crippen LogP contribution in [0.4, 0.5) is 0 Å². The Morgan fingerprint density at radius 3 is 2.94 bits per heavy atom. The first-order valence-corrected chi connectivity index (χ1v) is 6.72. The molecule has 2 nitrogen and oxygen atoms in total. The van der Waals surface area contributed by atoms with E-state index in [-0.39, 0.29) is 0 Å². The second-order valence-electron chi connectivity index (χ2n) is 4.05. The van der Waals surface area contributed by atoms with Crippen molar-refractivity contribution in [2.75, 3.05) is 13.2 Å². The molecular weight excluding hydrogens is 278 g/mol. The maximum atomic E-state index is 5.59. The largest absolute Gasteiger partial charge is 0.488 e. The van der Waals surface area contributed by atoms with Gasteiger partial charge in [0, 0.05) is 10.5 Å². The third-order valence-electron chi connectivity index (χ3n) is 2.45. The quantitative estimate of drug-likeness (QED) is 0.820. The van der Waals surface area contributed by atoms with Gasteiger partial charge in [-0.05, 0) is 37.6 Å². The molecule has 0 aliphatic rings. The Hall–Kier alpha value is -0.800. The molecule has 3 heteroatoms. The fraction of sp³-hybridized carbons (Fsp3) is 0.429. The van der Waals surface area contributed by atoms with Crippen molar-refractivity contribution in [1.82, 2.24) is 5.32 Å². The Kier molecular flexibility index (Phi) is 6.30. The second kappa shape index (κ2) is 7.51. The van der Waals surface area contributed by atoms with E-state index in [1.165, 1.54) is 5.56 Å². The number of benzene rings is 1. The van der Waals surface area contributed by atoms with E-state index in [2.05, 4.69) is 53.8 Å². The van der Waals surface area contributed by atoms with Gasteiger partial charge in [0.2, 0.25) is 0 Å². The second-order valence-corrected chi connectivity index (χ2v) is 5.18. The Morgan fingerprint density at radius 2 is 2.29 bits per heavy atom. The van der Waals surface area contributed by atoms with Crippen LogP contribution in [0.25, 0.3) is 0 Å². The van der Waals surface area contributed by atoms with Crippen LogP contribution in [0.5, 0.6) is 5.75 Å². The lowest BCUT2D eigenvalue weighted by Gasteiger charge is -2.15. The highest BCUT2D eigenvalue weighted by molar-refractivity contribution is 9.11. The summed E-state index contributed by atoms with van der Waals surface area (Å²) in [6.07, 6.45) is 1.14. The molecule has 0 aromatic heterocycles. The van der Waals surface area contributed by atoms with Gasteiger partial charge < -0.3 is 10.1 Å². The summed E-state index contributed by atoms with van der Waals surface area (Å²) < 4.78 is 6.44. The molecule has 0 saturated carbocycles. The molecule has 0 aliphatic heterocycles.